The molecule has 0 radical (unpaired) electrons. The molecule has 0 aliphatic carbocycles. The molecule has 0 spiro atoms. The number of amides is 2. The number of nitrogens with one attached hydrogen (secondary N) is 1. The van der Waals surface area contributed by atoms with Crippen molar-refractivity contribution in [1.29, 1.82) is 0 Å². The summed E-state index contributed by atoms with van der Waals surface area (Å²) in [6, 6.07) is 14.4. The molecule has 0 aromatic heterocycles. The summed E-state index contributed by atoms with van der Waals surface area (Å²) < 4.78 is 5.13. The number of hydrogen-bond donors (Lipinski definition) is 1. The highest BCUT2D eigenvalue weighted by atomic mass is 35.5. The molecule has 2 amide bonds. The second-order valence-electron chi connectivity index (χ2n) is 5.43. The number of hydrogen-bond acceptors (Lipinski definition) is 4. The average Bonchev–Trinajstić information content (AvgIpc) is 2.65. The smallest absolute Gasteiger partial charge is 0.243 e. The highest BCUT2D eigenvalue weighted by Crippen LogP contribution is 2.21. The van der Waals surface area contributed by atoms with Crippen molar-refractivity contribution in [1.82, 2.24) is 4.90 Å². The lowest BCUT2D eigenvalue weighted by molar-refractivity contribution is -0.132. The quantitative estimate of drug-likeness (QED) is 0.691. The van der Waals surface area contributed by atoms with Gasteiger partial charge in [-0.05, 0) is 43.3 Å². The summed E-state index contributed by atoms with van der Waals surface area (Å²) in [5, 5.41) is 3.44. The first-order valence-corrected chi connectivity index (χ1v) is 9.48. The highest BCUT2D eigenvalue weighted by Gasteiger charge is 2.16. The first-order valence-electron chi connectivity index (χ1n) is 8.12. The Balaban J connectivity index is 1.87. The van der Waals surface area contributed by atoms with Crippen LogP contribution >= 0.6 is 23.4 Å². The van der Waals surface area contributed by atoms with Gasteiger partial charge in [0.1, 0.15) is 5.75 Å². The van der Waals surface area contributed by atoms with E-state index in [4.69, 9.17) is 16.3 Å². The highest BCUT2D eigenvalue weighted by molar-refractivity contribution is 8.00. The molecule has 138 valence electrons. The molecule has 0 aliphatic heterocycles. The predicted octanol–water partition coefficient (Wildman–Crippen LogP) is 3.93. The van der Waals surface area contributed by atoms with Crippen LogP contribution in [-0.4, -0.2) is 42.7 Å². The van der Waals surface area contributed by atoms with Gasteiger partial charge in [0.15, 0.2) is 0 Å². The molecule has 7 heteroatoms. The Bertz CT molecular complexity index is 753. The van der Waals surface area contributed by atoms with E-state index in [1.165, 1.54) is 16.7 Å². The first kappa shape index (κ1) is 20.1. The Labute approximate surface area is 162 Å². The van der Waals surface area contributed by atoms with E-state index in [1.54, 1.807) is 43.5 Å². The van der Waals surface area contributed by atoms with Crippen LogP contribution in [0.2, 0.25) is 5.02 Å². The molecular formula is C19H21ClN2O3S. The van der Waals surface area contributed by atoms with Crippen molar-refractivity contribution >= 4 is 40.9 Å². The number of benzene rings is 2. The topological polar surface area (TPSA) is 58.6 Å². The molecule has 2 aromatic rings. The second-order valence-corrected chi connectivity index (χ2v) is 6.92. The lowest BCUT2D eigenvalue weighted by Gasteiger charge is -2.20. The number of nitrogens with zero attached hydrogens (tertiary/aromatic N) is 1. The molecule has 2 rings (SSSR count). The summed E-state index contributed by atoms with van der Waals surface area (Å²) in [5.74, 6) is 0.589. The van der Waals surface area contributed by atoms with Crippen LogP contribution in [-0.2, 0) is 9.59 Å². The molecule has 0 heterocycles. The zero-order chi connectivity index (χ0) is 18.9. The number of halogens is 1. The average molecular weight is 393 g/mol. The fraction of sp³-hybridized carbons (Fsp3) is 0.263. The minimum atomic E-state index is -0.245. The van der Waals surface area contributed by atoms with E-state index in [0.717, 1.165) is 4.90 Å². The SMILES string of the molecule is CCN(CC(=O)Nc1cccc(OC)c1)C(=O)CSc1ccc(Cl)cc1. The van der Waals surface area contributed by atoms with Crippen molar-refractivity contribution in [2.45, 2.75) is 11.8 Å². The summed E-state index contributed by atoms with van der Waals surface area (Å²) in [6.45, 7) is 2.32. The van der Waals surface area contributed by atoms with Crippen LogP contribution in [0.25, 0.3) is 0 Å². The molecule has 1 N–H and O–H groups in total. The molecular weight excluding hydrogens is 372 g/mol. The molecule has 0 atom stereocenters. The van der Waals surface area contributed by atoms with Gasteiger partial charge in [0.25, 0.3) is 0 Å². The molecule has 5 nitrogen and oxygen atoms in total. The number of rotatable bonds is 8. The molecule has 26 heavy (non-hydrogen) atoms. The van der Waals surface area contributed by atoms with Gasteiger partial charge in [-0.3, -0.25) is 9.59 Å². The van der Waals surface area contributed by atoms with Gasteiger partial charge in [-0.1, -0.05) is 17.7 Å². The van der Waals surface area contributed by atoms with Crippen LogP contribution < -0.4 is 10.1 Å². The van der Waals surface area contributed by atoms with Crippen LogP contribution in [0, 0.1) is 0 Å². The third-order valence-electron chi connectivity index (χ3n) is 3.60. The molecule has 0 saturated carbocycles. The summed E-state index contributed by atoms with van der Waals surface area (Å²) >= 11 is 7.27. The van der Waals surface area contributed by atoms with Gasteiger partial charge < -0.3 is 15.0 Å². The lowest BCUT2D eigenvalue weighted by atomic mass is 10.3. The number of ether oxygens (including phenoxy) is 1. The molecule has 0 fully saturated rings. The number of likely N-dealkylation sites (N-methyl/N-ethyl adjacent to an activating group) is 1. The van der Waals surface area contributed by atoms with E-state index in [1.807, 2.05) is 19.1 Å². The van der Waals surface area contributed by atoms with Crippen molar-refractivity contribution in [3.63, 3.8) is 0 Å². The maximum absolute atomic E-state index is 12.4. The van der Waals surface area contributed by atoms with Gasteiger partial charge in [0, 0.05) is 28.2 Å². The van der Waals surface area contributed by atoms with E-state index in [2.05, 4.69) is 5.32 Å². The van der Waals surface area contributed by atoms with Gasteiger partial charge in [-0.15, -0.1) is 11.8 Å². The molecule has 2 aromatic carbocycles. The third kappa shape index (κ3) is 6.28. The van der Waals surface area contributed by atoms with Crippen molar-refractivity contribution < 1.29 is 14.3 Å². The van der Waals surface area contributed by atoms with E-state index in [0.29, 0.717) is 23.0 Å². The predicted molar refractivity (Wildman–Crippen MR) is 106 cm³/mol. The third-order valence-corrected chi connectivity index (χ3v) is 4.85. The zero-order valence-corrected chi connectivity index (χ0v) is 16.3. The number of methoxy groups -OCH3 is 1. The minimum absolute atomic E-state index is 0.00766. The normalized spacial score (nSPS) is 10.3. The Kier molecular flexibility index (Phi) is 7.81. The van der Waals surface area contributed by atoms with Gasteiger partial charge in [0.05, 0.1) is 19.4 Å². The Morgan fingerprint density at radius 2 is 1.92 bits per heavy atom. The zero-order valence-electron chi connectivity index (χ0n) is 14.7. The van der Waals surface area contributed by atoms with Crippen LogP contribution in [0.4, 0.5) is 5.69 Å². The standard InChI is InChI=1S/C19H21ClN2O3S/c1-3-22(19(24)13-26-17-9-7-14(20)8-10-17)12-18(23)21-15-5-4-6-16(11-15)25-2/h4-11H,3,12-13H2,1-2H3,(H,21,23). The Morgan fingerprint density at radius 1 is 1.19 bits per heavy atom. The Morgan fingerprint density at radius 3 is 2.58 bits per heavy atom. The van der Waals surface area contributed by atoms with Crippen molar-refractivity contribution in [2.24, 2.45) is 0 Å². The monoisotopic (exact) mass is 392 g/mol. The molecule has 0 bridgehead atoms. The minimum Gasteiger partial charge on any atom is -0.497 e. The number of anilines is 1. The maximum Gasteiger partial charge on any atom is 0.243 e. The fourth-order valence-electron chi connectivity index (χ4n) is 2.22. The summed E-state index contributed by atoms with van der Waals surface area (Å²) in [7, 11) is 1.57. The molecule has 0 unspecified atom stereocenters. The number of thioether (sulfide) groups is 1. The van der Waals surface area contributed by atoms with Crippen LogP contribution in [0.3, 0.4) is 0 Å². The van der Waals surface area contributed by atoms with Crippen molar-refractivity contribution in [3.05, 3.63) is 53.6 Å². The second kappa shape index (κ2) is 10.1. The largest absolute Gasteiger partial charge is 0.497 e. The first-order chi connectivity index (χ1) is 12.5. The Hall–Kier alpha value is -2.18. The molecule has 0 aliphatic rings. The van der Waals surface area contributed by atoms with Crippen molar-refractivity contribution in [2.75, 3.05) is 31.3 Å². The summed E-state index contributed by atoms with van der Waals surface area (Å²) in [4.78, 5) is 27.1. The van der Waals surface area contributed by atoms with Crippen molar-refractivity contribution in [3.8, 4) is 5.75 Å². The fourth-order valence-corrected chi connectivity index (χ4v) is 3.15. The van der Waals surface area contributed by atoms with E-state index >= 15 is 0 Å². The molecule has 0 saturated heterocycles. The maximum atomic E-state index is 12.4. The van der Waals surface area contributed by atoms with Crippen LogP contribution in [0.5, 0.6) is 5.75 Å². The van der Waals surface area contributed by atoms with Crippen LogP contribution in [0.15, 0.2) is 53.4 Å². The van der Waals surface area contributed by atoms with E-state index < -0.39 is 0 Å². The van der Waals surface area contributed by atoms with Gasteiger partial charge in [0.2, 0.25) is 11.8 Å². The summed E-state index contributed by atoms with van der Waals surface area (Å²) in [6.07, 6.45) is 0. The van der Waals surface area contributed by atoms with Gasteiger partial charge in [-0.25, -0.2) is 0 Å². The van der Waals surface area contributed by atoms with Crippen LogP contribution in [0.1, 0.15) is 6.92 Å². The summed E-state index contributed by atoms with van der Waals surface area (Å²) in [5.41, 5.74) is 0.633. The van der Waals surface area contributed by atoms with E-state index in [9.17, 15) is 9.59 Å². The lowest BCUT2D eigenvalue weighted by Crippen LogP contribution is -2.38. The van der Waals surface area contributed by atoms with E-state index in [-0.39, 0.29) is 24.1 Å². The van der Waals surface area contributed by atoms with Gasteiger partial charge >= 0.3 is 0 Å². The number of carbonyl (C=O) groups excluding carboxylic acids is 2. The van der Waals surface area contributed by atoms with Gasteiger partial charge in [-0.2, -0.15) is 0 Å². The number of carbonyl (C=O) groups is 2.